The Morgan fingerprint density at radius 1 is 1.30 bits per heavy atom. The van der Waals surface area contributed by atoms with E-state index in [1.807, 2.05) is 0 Å². The zero-order valence-corrected chi connectivity index (χ0v) is 16.8. The van der Waals surface area contributed by atoms with E-state index in [-0.39, 0.29) is 42.2 Å². The van der Waals surface area contributed by atoms with Crippen LogP contribution >= 0.6 is 0 Å². The van der Waals surface area contributed by atoms with Crippen molar-refractivity contribution in [2.24, 2.45) is 5.73 Å². The molecule has 1 aromatic carbocycles. The molecule has 12 nitrogen and oxygen atoms in total. The normalized spacial score (nSPS) is 11.5. The average Bonchev–Trinajstić information content (AvgIpc) is 3.20. The van der Waals surface area contributed by atoms with E-state index >= 15 is 0 Å². The number of benzene rings is 1. The summed E-state index contributed by atoms with van der Waals surface area (Å²) in [5, 5.41) is 30.9. The number of nitrogens with zero attached hydrogens (tertiary/aromatic N) is 6. The van der Waals surface area contributed by atoms with Crippen LogP contribution in [0, 0.1) is 23.0 Å². The number of pyridine rings is 1. The summed E-state index contributed by atoms with van der Waals surface area (Å²) in [5.74, 6) is -4.17. The van der Waals surface area contributed by atoms with E-state index < -0.39 is 35.4 Å². The van der Waals surface area contributed by atoms with Crippen molar-refractivity contribution in [3.05, 3.63) is 47.7 Å². The van der Waals surface area contributed by atoms with Crippen molar-refractivity contribution >= 4 is 11.9 Å². The standard InChI is InChI=1S/C19H16F2N8O4/c20-14-7-12(33-19-15(21)5-10(8-25-19)18(32)24-4-3-22)1-2-13(14)17-26-28-29(27-17)9-11(23)6-16(30)31/h1-2,5,7-8,11H,4,6,9,23H2,(H,24,32)(H,30,31)/t11-/m0/s1. The summed E-state index contributed by atoms with van der Waals surface area (Å²) in [6, 6.07) is 5.40. The monoisotopic (exact) mass is 458 g/mol. The molecule has 4 N–H and O–H groups in total. The number of nitriles is 1. The van der Waals surface area contributed by atoms with Crippen LogP contribution in [0.3, 0.4) is 0 Å². The van der Waals surface area contributed by atoms with Crippen LogP contribution in [0.1, 0.15) is 16.8 Å². The molecule has 0 radical (unpaired) electrons. The van der Waals surface area contributed by atoms with Gasteiger partial charge in [0.25, 0.3) is 11.8 Å². The zero-order chi connectivity index (χ0) is 24.0. The van der Waals surface area contributed by atoms with Crippen LogP contribution in [0.5, 0.6) is 11.6 Å². The quantitative estimate of drug-likeness (QED) is 0.389. The maximum atomic E-state index is 14.6. The summed E-state index contributed by atoms with van der Waals surface area (Å²) in [5.41, 5.74) is 5.52. The molecule has 3 aromatic rings. The molecule has 2 heterocycles. The predicted molar refractivity (Wildman–Crippen MR) is 106 cm³/mol. The number of carbonyl (C=O) groups excluding carboxylic acids is 1. The third-order valence-electron chi connectivity index (χ3n) is 4.08. The molecule has 0 aliphatic heterocycles. The molecule has 0 unspecified atom stereocenters. The van der Waals surface area contributed by atoms with Gasteiger partial charge in [-0.25, -0.2) is 13.8 Å². The van der Waals surface area contributed by atoms with Crippen molar-refractivity contribution in [2.75, 3.05) is 6.54 Å². The second-order valence-corrected chi connectivity index (χ2v) is 6.62. The lowest BCUT2D eigenvalue weighted by Crippen LogP contribution is -2.30. The smallest absolute Gasteiger partial charge is 0.304 e. The Hall–Kier alpha value is -4.51. The van der Waals surface area contributed by atoms with E-state index in [1.165, 1.54) is 12.1 Å². The number of nitrogens with one attached hydrogen (secondary N) is 1. The molecule has 0 fully saturated rings. The number of tetrazole rings is 1. The molecular weight excluding hydrogens is 442 g/mol. The molecule has 14 heteroatoms. The number of hydrogen-bond acceptors (Lipinski definition) is 9. The van der Waals surface area contributed by atoms with Crippen LogP contribution in [0.15, 0.2) is 30.5 Å². The Balaban J connectivity index is 1.71. The molecule has 0 aliphatic carbocycles. The van der Waals surface area contributed by atoms with Gasteiger partial charge in [-0.05, 0) is 23.4 Å². The van der Waals surface area contributed by atoms with Crippen molar-refractivity contribution < 1.29 is 28.2 Å². The van der Waals surface area contributed by atoms with Gasteiger partial charge in [0.05, 0.1) is 30.2 Å². The molecular formula is C19H16F2N8O4. The number of ether oxygens (including phenoxy) is 1. The van der Waals surface area contributed by atoms with Gasteiger partial charge in [-0.3, -0.25) is 9.59 Å². The molecule has 3 rings (SSSR count). The molecule has 2 aromatic heterocycles. The fourth-order valence-corrected chi connectivity index (χ4v) is 2.63. The zero-order valence-electron chi connectivity index (χ0n) is 16.8. The molecule has 0 spiro atoms. The number of aromatic nitrogens is 5. The average molecular weight is 458 g/mol. The number of rotatable bonds is 9. The van der Waals surface area contributed by atoms with Gasteiger partial charge in [-0.15, -0.1) is 10.2 Å². The first-order valence-electron chi connectivity index (χ1n) is 9.30. The lowest BCUT2D eigenvalue weighted by atomic mass is 10.2. The third kappa shape index (κ3) is 6.02. The van der Waals surface area contributed by atoms with Crippen LogP contribution in [-0.2, 0) is 11.3 Å². The highest BCUT2D eigenvalue weighted by Crippen LogP contribution is 2.27. The first-order valence-corrected chi connectivity index (χ1v) is 9.30. The minimum atomic E-state index is -1.08. The van der Waals surface area contributed by atoms with Crippen LogP contribution < -0.4 is 15.8 Å². The first kappa shape index (κ1) is 23.2. The van der Waals surface area contributed by atoms with E-state index in [0.717, 1.165) is 23.1 Å². The maximum absolute atomic E-state index is 14.6. The van der Waals surface area contributed by atoms with Gasteiger partial charge in [0.1, 0.15) is 18.1 Å². The van der Waals surface area contributed by atoms with Crippen molar-refractivity contribution in [1.29, 1.82) is 5.26 Å². The van der Waals surface area contributed by atoms with Crippen LogP contribution in [-0.4, -0.2) is 54.8 Å². The Kier molecular flexibility index (Phi) is 7.16. The van der Waals surface area contributed by atoms with Crippen molar-refractivity contribution in [3.63, 3.8) is 0 Å². The Labute approximate surface area is 184 Å². The van der Waals surface area contributed by atoms with Gasteiger partial charge in [0.15, 0.2) is 5.82 Å². The van der Waals surface area contributed by atoms with Gasteiger partial charge in [-0.1, -0.05) is 0 Å². The maximum Gasteiger partial charge on any atom is 0.304 e. The van der Waals surface area contributed by atoms with E-state index in [0.29, 0.717) is 0 Å². The SMILES string of the molecule is N#CCNC(=O)c1cnc(Oc2ccc(-c3nnn(C[C@@H](N)CC(=O)O)n3)c(F)c2)c(F)c1. The topological polar surface area (TPSA) is 182 Å². The summed E-state index contributed by atoms with van der Waals surface area (Å²) in [7, 11) is 0. The highest BCUT2D eigenvalue weighted by molar-refractivity contribution is 5.94. The molecule has 0 bridgehead atoms. The highest BCUT2D eigenvalue weighted by atomic mass is 19.1. The molecule has 170 valence electrons. The number of carboxylic acid groups (broad SMARTS) is 1. The first-order chi connectivity index (χ1) is 15.8. The van der Waals surface area contributed by atoms with Crippen LogP contribution in [0.2, 0.25) is 0 Å². The number of amides is 1. The van der Waals surface area contributed by atoms with Crippen LogP contribution in [0.25, 0.3) is 11.4 Å². The summed E-state index contributed by atoms with van der Waals surface area (Å²) in [6.45, 7) is -0.278. The minimum absolute atomic E-state index is 0.0293. The van der Waals surface area contributed by atoms with Crippen molar-refractivity contribution in [1.82, 2.24) is 30.5 Å². The summed E-state index contributed by atoms with van der Waals surface area (Å²) < 4.78 is 34.1. The van der Waals surface area contributed by atoms with E-state index in [4.69, 9.17) is 20.8 Å². The van der Waals surface area contributed by atoms with Gasteiger partial charge in [-0.2, -0.15) is 10.1 Å². The Bertz CT molecular complexity index is 1230. The second kappa shape index (κ2) is 10.2. The largest absolute Gasteiger partial charge is 0.481 e. The highest BCUT2D eigenvalue weighted by Gasteiger charge is 2.17. The molecule has 1 atom stereocenters. The molecule has 33 heavy (non-hydrogen) atoms. The summed E-state index contributed by atoms with van der Waals surface area (Å²) in [6.07, 6.45) is 0.751. The fraction of sp³-hybridized carbons (Fsp3) is 0.211. The molecule has 0 saturated heterocycles. The van der Waals surface area contributed by atoms with Gasteiger partial charge in [0, 0.05) is 18.3 Å². The van der Waals surface area contributed by atoms with Gasteiger partial charge >= 0.3 is 5.97 Å². The summed E-state index contributed by atoms with van der Waals surface area (Å²) >= 11 is 0. The summed E-state index contributed by atoms with van der Waals surface area (Å²) in [4.78, 5) is 27.2. The fourth-order valence-electron chi connectivity index (χ4n) is 2.63. The van der Waals surface area contributed by atoms with Crippen molar-refractivity contribution in [2.45, 2.75) is 19.0 Å². The lowest BCUT2D eigenvalue weighted by Gasteiger charge is -2.08. The van der Waals surface area contributed by atoms with Gasteiger partial charge in [0.2, 0.25) is 5.82 Å². The van der Waals surface area contributed by atoms with E-state index in [1.54, 1.807) is 6.07 Å². The number of halogens is 2. The predicted octanol–water partition coefficient (Wildman–Crippen LogP) is 0.861. The third-order valence-corrected chi connectivity index (χ3v) is 4.08. The number of nitrogens with two attached hydrogens (primary N) is 1. The molecule has 0 aliphatic rings. The molecule has 1 amide bonds. The number of aliphatic carboxylic acids is 1. The Morgan fingerprint density at radius 3 is 2.76 bits per heavy atom. The number of carboxylic acids is 1. The lowest BCUT2D eigenvalue weighted by molar-refractivity contribution is -0.137. The number of hydrogen-bond donors (Lipinski definition) is 3. The minimum Gasteiger partial charge on any atom is -0.481 e. The number of carbonyl (C=O) groups is 2. The van der Waals surface area contributed by atoms with Crippen molar-refractivity contribution in [3.8, 4) is 29.1 Å². The van der Waals surface area contributed by atoms with Gasteiger partial charge < -0.3 is 20.9 Å². The van der Waals surface area contributed by atoms with Crippen LogP contribution in [0.4, 0.5) is 8.78 Å². The van der Waals surface area contributed by atoms with E-state index in [2.05, 4.69) is 25.7 Å². The van der Waals surface area contributed by atoms with E-state index in [9.17, 15) is 18.4 Å². The Morgan fingerprint density at radius 2 is 2.09 bits per heavy atom. The molecule has 0 saturated carbocycles. The second-order valence-electron chi connectivity index (χ2n) is 6.62.